The van der Waals surface area contributed by atoms with Crippen LogP contribution in [-0.2, 0) is 4.79 Å². The van der Waals surface area contributed by atoms with Crippen LogP contribution in [0, 0.1) is 6.92 Å². The maximum absolute atomic E-state index is 11.4. The molecule has 0 aliphatic heterocycles. The van der Waals surface area contributed by atoms with Crippen molar-refractivity contribution in [3.8, 4) is 0 Å². The minimum Gasteiger partial charge on any atom is -0.293 e. The maximum atomic E-state index is 11.4. The lowest BCUT2D eigenvalue weighted by atomic mass is 10.6. The normalized spacial score (nSPS) is 10.7. The third-order valence-electron chi connectivity index (χ3n) is 1.98. The number of anilines is 1. The van der Waals surface area contributed by atoms with Gasteiger partial charge in [0.05, 0.1) is 0 Å². The number of carbonyl (C=O) groups excluding carboxylic acids is 2. The zero-order chi connectivity index (χ0) is 11.9. The van der Waals surface area contributed by atoms with E-state index < -0.39 is 0 Å². The highest BCUT2D eigenvalue weighted by molar-refractivity contribution is 5.87. The minimum atomic E-state index is -0.289. The number of aryl methyl sites for hydroxylation is 1. The number of rotatable bonds is 1. The summed E-state index contributed by atoms with van der Waals surface area (Å²) < 4.78 is 2.65. The van der Waals surface area contributed by atoms with E-state index in [9.17, 15) is 9.59 Å². The fourth-order valence-electron chi connectivity index (χ4n) is 1.47. The molecule has 2 rings (SSSR count). The van der Waals surface area contributed by atoms with Crippen LogP contribution in [0.3, 0.4) is 0 Å². The van der Waals surface area contributed by atoms with Crippen LogP contribution in [0.15, 0.2) is 0 Å². The first-order valence-corrected chi connectivity index (χ1v) is 4.60. The molecule has 0 radical (unpaired) electrons. The highest BCUT2D eigenvalue weighted by atomic mass is 16.2. The van der Waals surface area contributed by atoms with Gasteiger partial charge in [0, 0.05) is 13.8 Å². The van der Waals surface area contributed by atoms with E-state index in [4.69, 9.17) is 0 Å². The lowest BCUT2D eigenvalue weighted by Gasteiger charge is -2.03. The molecule has 0 atom stereocenters. The van der Waals surface area contributed by atoms with Gasteiger partial charge in [0.2, 0.25) is 11.8 Å². The average Bonchev–Trinajstić information content (AvgIpc) is 2.64. The summed E-state index contributed by atoms with van der Waals surface area (Å²) in [6, 6.07) is 0. The van der Waals surface area contributed by atoms with Crippen molar-refractivity contribution in [1.82, 2.24) is 24.4 Å². The average molecular weight is 222 g/mol. The van der Waals surface area contributed by atoms with E-state index in [2.05, 4.69) is 20.5 Å². The van der Waals surface area contributed by atoms with Gasteiger partial charge in [-0.25, -0.2) is 0 Å². The molecule has 1 N–H and O–H groups in total. The Morgan fingerprint density at radius 3 is 2.50 bits per heavy atom. The van der Waals surface area contributed by atoms with Gasteiger partial charge in [0.15, 0.2) is 0 Å². The Labute approximate surface area is 90.3 Å². The van der Waals surface area contributed by atoms with Crippen molar-refractivity contribution in [1.29, 1.82) is 0 Å². The maximum Gasteiger partial charge on any atom is 0.274 e. The first-order chi connectivity index (χ1) is 7.50. The van der Waals surface area contributed by atoms with Crippen LogP contribution in [0.4, 0.5) is 5.95 Å². The Hall–Kier alpha value is -2.25. The molecule has 16 heavy (non-hydrogen) atoms. The second-order valence-electron chi connectivity index (χ2n) is 3.31. The number of aromatic nitrogens is 5. The van der Waals surface area contributed by atoms with Crippen molar-refractivity contribution < 1.29 is 9.59 Å². The smallest absolute Gasteiger partial charge is 0.274 e. The molecule has 84 valence electrons. The van der Waals surface area contributed by atoms with Crippen molar-refractivity contribution >= 4 is 23.5 Å². The minimum absolute atomic E-state index is 0.179. The summed E-state index contributed by atoms with van der Waals surface area (Å²) >= 11 is 0. The predicted octanol–water partition coefficient (Wildman–Crippen LogP) is -0.147. The van der Waals surface area contributed by atoms with Gasteiger partial charge in [-0.05, 0) is 6.92 Å². The molecule has 0 aromatic carbocycles. The Balaban J connectivity index is 2.68. The summed E-state index contributed by atoms with van der Waals surface area (Å²) in [7, 11) is 0. The largest absolute Gasteiger partial charge is 0.293 e. The Morgan fingerprint density at radius 1 is 1.25 bits per heavy atom. The van der Waals surface area contributed by atoms with E-state index in [0.717, 1.165) is 0 Å². The summed E-state index contributed by atoms with van der Waals surface area (Å²) in [5.74, 6) is 0.424. The number of hydrogen-bond acceptors (Lipinski definition) is 5. The van der Waals surface area contributed by atoms with Gasteiger partial charge in [-0.15, -0.1) is 10.2 Å². The molecule has 0 unspecified atom stereocenters. The zero-order valence-electron chi connectivity index (χ0n) is 9.05. The standard InChI is InChI=1S/C8H10N6O2/c1-4-9-7-11-12-8(10-5(2)15)14(7)13(4)6(3)16/h1-3H3,(H,10,12,15). The van der Waals surface area contributed by atoms with E-state index in [1.165, 1.54) is 23.0 Å². The predicted molar refractivity (Wildman–Crippen MR) is 54.1 cm³/mol. The lowest BCUT2D eigenvalue weighted by Crippen LogP contribution is -2.18. The molecule has 0 aliphatic rings. The Kier molecular flexibility index (Phi) is 2.18. The van der Waals surface area contributed by atoms with Crippen LogP contribution in [0.5, 0.6) is 0 Å². The van der Waals surface area contributed by atoms with E-state index in [-0.39, 0.29) is 23.5 Å². The molecule has 1 amide bonds. The fraction of sp³-hybridized carbons (Fsp3) is 0.375. The van der Waals surface area contributed by atoms with Crippen LogP contribution in [0.2, 0.25) is 0 Å². The van der Waals surface area contributed by atoms with Gasteiger partial charge in [0.1, 0.15) is 5.82 Å². The molecule has 0 fully saturated rings. The van der Waals surface area contributed by atoms with Crippen LogP contribution >= 0.6 is 0 Å². The summed E-state index contributed by atoms with van der Waals surface area (Å²) in [5, 5.41) is 9.95. The zero-order valence-corrected chi connectivity index (χ0v) is 9.05. The molecular formula is C8H10N6O2. The van der Waals surface area contributed by atoms with Gasteiger partial charge in [-0.2, -0.15) is 14.2 Å². The topological polar surface area (TPSA) is 94.2 Å². The fourth-order valence-corrected chi connectivity index (χ4v) is 1.47. The number of carbonyl (C=O) groups is 2. The lowest BCUT2D eigenvalue weighted by molar-refractivity contribution is -0.114. The van der Waals surface area contributed by atoms with Gasteiger partial charge >= 0.3 is 0 Å². The molecule has 2 aromatic heterocycles. The summed E-state index contributed by atoms with van der Waals surface area (Å²) in [6.45, 7) is 4.42. The second kappa shape index (κ2) is 3.40. The number of nitrogens with one attached hydrogen (secondary N) is 1. The quantitative estimate of drug-likeness (QED) is 0.724. The highest BCUT2D eigenvalue weighted by Gasteiger charge is 2.17. The van der Waals surface area contributed by atoms with Gasteiger partial charge in [0.25, 0.3) is 11.7 Å². The van der Waals surface area contributed by atoms with Crippen molar-refractivity contribution in [3.63, 3.8) is 0 Å². The van der Waals surface area contributed by atoms with E-state index in [1.807, 2.05) is 0 Å². The number of hydrogen-bond donors (Lipinski definition) is 1. The summed E-state index contributed by atoms with van der Waals surface area (Å²) in [5.41, 5.74) is 0. The molecule has 2 aromatic rings. The molecule has 8 nitrogen and oxygen atoms in total. The third kappa shape index (κ3) is 1.44. The molecule has 0 bridgehead atoms. The van der Waals surface area contributed by atoms with Gasteiger partial charge in [-0.1, -0.05) is 0 Å². The van der Waals surface area contributed by atoms with Crippen molar-refractivity contribution in [2.75, 3.05) is 5.32 Å². The Morgan fingerprint density at radius 2 is 1.94 bits per heavy atom. The number of amides is 1. The molecule has 0 aliphatic carbocycles. The molecule has 8 heteroatoms. The summed E-state index contributed by atoms with van der Waals surface area (Å²) in [4.78, 5) is 26.4. The molecule has 2 heterocycles. The van der Waals surface area contributed by atoms with Gasteiger partial charge in [-0.3, -0.25) is 14.9 Å². The third-order valence-corrected chi connectivity index (χ3v) is 1.98. The Bertz CT molecular complexity index is 581. The summed E-state index contributed by atoms with van der Waals surface area (Å²) in [6.07, 6.45) is 0. The van der Waals surface area contributed by atoms with E-state index in [0.29, 0.717) is 5.82 Å². The van der Waals surface area contributed by atoms with Crippen molar-refractivity contribution in [2.24, 2.45) is 0 Å². The molecular weight excluding hydrogens is 212 g/mol. The first kappa shape index (κ1) is 10.3. The molecule has 0 spiro atoms. The van der Waals surface area contributed by atoms with Gasteiger partial charge < -0.3 is 0 Å². The van der Waals surface area contributed by atoms with E-state index >= 15 is 0 Å². The SMILES string of the molecule is CC(=O)Nc1nnc2nc(C)n(C(C)=O)n12. The van der Waals surface area contributed by atoms with Crippen LogP contribution in [0.1, 0.15) is 24.5 Å². The monoisotopic (exact) mass is 222 g/mol. The van der Waals surface area contributed by atoms with E-state index in [1.54, 1.807) is 6.92 Å². The van der Waals surface area contributed by atoms with Crippen LogP contribution < -0.4 is 5.32 Å². The number of fused-ring (bicyclic) bond motifs is 1. The van der Waals surface area contributed by atoms with Crippen molar-refractivity contribution in [3.05, 3.63) is 5.82 Å². The molecule has 0 saturated carbocycles. The first-order valence-electron chi connectivity index (χ1n) is 4.60. The molecule has 0 saturated heterocycles. The van der Waals surface area contributed by atoms with Crippen LogP contribution in [0.25, 0.3) is 5.78 Å². The number of nitrogens with zero attached hydrogens (tertiary/aromatic N) is 5. The highest BCUT2D eigenvalue weighted by Crippen LogP contribution is 2.09. The van der Waals surface area contributed by atoms with Crippen LogP contribution in [-0.4, -0.2) is 36.2 Å². The van der Waals surface area contributed by atoms with Crippen molar-refractivity contribution in [2.45, 2.75) is 20.8 Å². The second-order valence-corrected chi connectivity index (χ2v) is 3.31.